The second kappa shape index (κ2) is 4.95. The van der Waals surface area contributed by atoms with Crippen molar-refractivity contribution < 1.29 is 9.59 Å². The molecule has 1 aliphatic rings. The van der Waals surface area contributed by atoms with Crippen LogP contribution in [0.3, 0.4) is 0 Å². The fourth-order valence-electron chi connectivity index (χ4n) is 1.65. The predicted octanol–water partition coefficient (Wildman–Crippen LogP) is 0.903. The molecular weight excluding hydrogens is 232 g/mol. The topological polar surface area (TPSA) is 83.5 Å². The Morgan fingerprint density at radius 1 is 1.33 bits per heavy atom. The fraction of sp³-hybridized carbons (Fsp3) is 0.333. The van der Waals surface area contributed by atoms with E-state index in [1.807, 2.05) is 19.9 Å². The molecule has 2 amide bonds. The van der Waals surface area contributed by atoms with Crippen molar-refractivity contribution in [2.75, 3.05) is 5.32 Å². The van der Waals surface area contributed by atoms with Gasteiger partial charge in [-0.25, -0.2) is 5.43 Å². The highest BCUT2D eigenvalue weighted by molar-refractivity contribution is 6.43. The third kappa shape index (κ3) is 2.71. The molecular formula is C12H14N4O2. The van der Waals surface area contributed by atoms with Crippen molar-refractivity contribution in [3.8, 4) is 0 Å². The Kier molecular flexibility index (Phi) is 3.36. The van der Waals surface area contributed by atoms with Crippen molar-refractivity contribution in [3.63, 3.8) is 0 Å². The van der Waals surface area contributed by atoms with Crippen molar-refractivity contribution in [1.82, 2.24) is 10.4 Å². The van der Waals surface area contributed by atoms with E-state index in [0.29, 0.717) is 17.8 Å². The Morgan fingerprint density at radius 2 is 2.11 bits per heavy atom. The van der Waals surface area contributed by atoms with Crippen LogP contribution in [0, 0.1) is 13.8 Å². The first-order chi connectivity index (χ1) is 8.56. The number of pyridine rings is 1. The molecule has 2 rings (SSSR count). The number of hydrogen-bond donors (Lipinski definition) is 2. The number of carbonyl (C=O) groups is 2. The molecule has 0 aromatic carbocycles. The predicted molar refractivity (Wildman–Crippen MR) is 67.2 cm³/mol. The van der Waals surface area contributed by atoms with Crippen LogP contribution in [0.15, 0.2) is 17.2 Å². The number of hydrazone groups is 1. The van der Waals surface area contributed by atoms with Gasteiger partial charge in [-0.15, -0.1) is 0 Å². The number of carbonyl (C=O) groups excluding carboxylic acids is 2. The molecule has 0 spiro atoms. The molecule has 0 atom stereocenters. The molecule has 0 aliphatic carbocycles. The largest absolute Gasteiger partial charge is 0.319 e. The van der Waals surface area contributed by atoms with Gasteiger partial charge in [0.25, 0.3) is 5.91 Å². The minimum absolute atomic E-state index is 0.167. The molecule has 6 heteroatoms. The second-order valence-electron chi connectivity index (χ2n) is 4.13. The van der Waals surface area contributed by atoms with Gasteiger partial charge in [-0.2, -0.15) is 5.10 Å². The molecule has 0 saturated carbocycles. The van der Waals surface area contributed by atoms with E-state index in [1.54, 1.807) is 6.07 Å². The van der Waals surface area contributed by atoms with E-state index in [-0.39, 0.29) is 18.2 Å². The maximum absolute atomic E-state index is 11.9. The van der Waals surface area contributed by atoms with E-state index < -0.39 is 0 Å². The van der Waals surface area contributed by atoms with Gasteiger partial charge in [0.2, 0.25) is 5.91 Å². The van der Waals surface area contributed by atoms with Crippen LogP contribution in [0.5, 0.6) is 0 Å². The zero-order chi connectivity index (χ0) is 13.1. The number of aromatic nitrogens is 1. The van der Waals surface area contributed by atoms with Gasteiger partial charge < -0.3 is 5.32 Å². The number of rotatable bonds is 2. The number of hydrogen-bond acceptors (Lipinski definition) is 4. The van der Waals surface area contributed by atoms with Crippen LogP contribution in [-0.2, 0) is 9.59 Å². The minimum Gasteiger partial charge on any atom is -0.319 e. The van der Waals surface area contributed by atoms with Crippen molar-refractivity contribution >= 4 is 23.2 Å². The molecule has 1 aromatic heterocycles. The molecule has 2 N–H and O–H groups in total. The third-order valence-corrected chi connectivity index (χ3v) is 2.64. The number of aryl methyl sites for hydroxylation is 2. The first kappa shape index (κ1) is 12.2. The van der Waals surface area contributed by atoms with Gasteiger partial charge in [-0.3, -0.25) is 14.6 Å². The van der Waals surface area contributed by atoms with Gasteiger partial charge >= 0.3 is 0 Å². The second-order valence-corrected chi connectivity index (χ2v) is 4.13. The molecule has 1 aliphatic heterocycles. The fourth-order valence-corrected chi connectivity index (χ4v) is 1.65. The summed E-state index contributed by atoms with van der Waals surface area (Å²) in [7, 11) is 0. The number of nitrogens with zero attached hydrogens (tertiary/aromatic N) is 2. The summed E-state index contributed by atoms with van der Waals surface area (Å²) < 4.78 is 0. The van der Waals surface area contributed by atoms with Gasteiger partial charge in [-0.1, -0.05) is 0 Å². The molecule has 18 heavy (non-hydrogen) atoms. The molecule has 0 radical (unpaired) electrons. The first-order valence-corrected chi connectivity index (χ1v) is 5.67. The normalized spacial score (nSPS) is 14.8. The lowest BCUT2D eigenvalue weighted by atomic mass is 10.1. The third-order valence-electron chi connectivity index (χ3n) is 2.64. The minimum atomic E-state index is -0.302. The first-order valence-electron chi connectivity index (χ1n) is 5.67. The number of anilines is 1. The van der Waals surface area contributed by atoms with E-state index in [1.165, 1.54) is 0 Å². The maximum Gasteiger partial charge on any atom is 0.271 e. The Labute approximate surface area is 104 Å². The Morgan fingerprint density at radius 3 is 2.72 bits per heavy atom. The van der Waals surface area contributed by atoms with Gasteiger partial charge in [-0.05, 0) is 26.0 Å². The van der Waals surface area contributed by atoms with Crippen LogP contribution >= 0.6 is 0 Å². The lowest BCUT2D eigenvalue weighted by Crippen LogP contribution is -2.32. The average molecular weight is 246 g/mol. The highest BCUT2D eigenvalue weighted by Gasteiger charge is 2.18. The Balaban J connectivity index is 2.09. The van der Waals surface area contributed by atoms with Gasteiger partial charge in [0.1, 0.15) is 5.71 Å². The standard InChI is InChI=1S/C12H14N4O2/c1-7-3-4-9(8(2)13-7)14-12(18)10-5-6-11(17)16-15-10/h3-4H,5-6H2,1-2H3,(H,14,18)(H,16,17). The van der Waals surface area contributed by atoms with Crippen LogP contribution < -0.4 is 10.7 Å². The summed E-state index contributed by atoms with van der Waals surface area (Å²) in [5.74, 6) is -0.469. The summed E-state index contributed by atoms with van der Waals surface area (Å²) in [6.45, 7) is 3.71. The zero-order valence-electron chi connectivity index (χ0n) is 10.3. The van der Waals surface area contributed by atoms with Gasteiger partial charge in [0.15, 0.2) is 0 Å². The highest BCUT2D eigenvalue weighted by atomic mass is 16.2. The molecule has 1 aromatic rings. The van der Waals surface area contributed by atoms with Crippen LogP contribution in [0.4, 0.5) is 5.69 Å². The van der Waals surface area contributed by atoms with Gasteiger partial charge in [0, 0.05) is 18.5 Å². The molecule has 0 bridgehead atoms. The summed E-state index contributed by atoms with van der Waals surface area (Å²) in [4.78, 5) is 27.1. The van der Waals surface area contributed by atoms with Crippen molar-refractivity contribution in [3.05, 3.63) is 23.5 Å². The smallest absolute Gasteiger partial charge is 0.271 e. The van der Waals surface area contributed by atoms with E-state index in [9.17, 15) is 9.59 Å². The number of amides is 2. The van der Waals surface area contributed by atoms with Crippen LogP contribution in [0.1, 0.15) is 24.2 Å². The quantitative estimate of drug-likeness (QED) is 0.813. The van der Waals surface area contributed by atoms with E-state index >= 15 is 0 Å². The monoisotopic (exact) mass is 246 g/mol. The summed E-state index contributed by atoms with van der Waals surface area (Å²) in [6, 6.07) is 3.63. The van der Waals surface area contributed by atoms with Crippen molar-refractivity contribution in [2.24, 2.45) is 5.10 Å². The molecule has 0 fully saturated rings. The average Bonchev–Trinajstić information content (AvgIpc) is 2.33. The van der Waals surface area contributed by atoms with Crippen LogP contribution in [0.25, 0.3) is 0 Å². The summed E-state index contributed by atoms with van der Waals surface area (Å²) >= 11 is 0. The highest BCUT2D eigenvalue weighted by Crippen LogP contribution is 2.13. The van der Waals surface area contributed by atoms with Gasteiger partial charge in [0.05, 0.1) is 11.4 Å². The van der Waals surface area contributed by atoms with E-state index in [2.05, 4.69) is 20.8 Å². The molecule has 2 heterocycles. The van der Waals surface area contributed by atoms with Crippen molar-refractivity contribution in [2.45, 2.75) is 26.7 Å². The molecule has 94 valence electrons. The summed E-state index contributed by atoms with van der Waals surface area (Å²) in [5, 5.41) is 6.48. The van der Waals surface area contributed by atoms with Crippen LogP contribution in [0.2, 0.25) is 0 Å². The van der Waals surface area contributed by atoms with Crippen molar-refractivity contribution in [1.29, 1.82) is 0 Å². The van der Waals surface area contributed by atoms with E-state index in [0.717, 1.165) is 11.4 Å². The molecule has 6 nitrogen and oxygen atoms in total. The summed E-state index contributed by atoms with van der Waals surface area (Å²) in [6.07, 6.45) is 0.646. The molecule has 0 unspecified atom stereocenters. The maximum atomic E-state index is 11.9. The SMILES string of the molecule is Cc1ccc(NC(=O)C2=NNC(=O)CC2)c(C)n1. The number of nitrogens with one attached hydrogen (secondary N) is 2. The lowest BCUT2D eigenvalue weighted by molar-refractivity contribution is -0.121. The van der Waals surface area contributed by atoms with E-state index in [4.69, 9.17) is 0 Å². The lowest BCUT2D eigenvalue weighted by Gasteiger charge is -2.13. The summed E-state index contributed by atoms with van der Waals surface area (Å²) in [5.41, 5.74) is 4.93. The molecule has 0 saturated heterocycles. The van der Waals surface area contributed by atoms with Crippen LogP contribution in [-0.4, -0.2) is 22.5 Å². The zero-order valence-corrected chi connectivity index (χ0v) is 10.3. The Bertz CT molecular complexity index is 537. The Hall–Kier alpha value is -2.24.